The van der Waals surface area contributed by atoms with Crippen LogP contribution in [0.15, 0.2) is 66.9 Å². The van der Waals surface area contributed by atoms with Crippen molar-refractivity contribution in [2.45, 2.75) is 6.54 Å². The molecule has 0 spiro atoms. The van der Waals surface area contributed by atoms with Gasteiger partial charge >= 0.3 is 0 Å². The second-order valence-electron chi connectivity index (χ2n) is 6.11. The normalized spacial score (nSPS) is 11.7. The number of anilines is 1. The Hall–Kier alpha value is -3.87. The van der Waals surface area contributed by atoms with Crippen LogP contribution in [0.3, 0.4) is 0 Å². The van der Waals surface area contributed by atoms with Gasteiger partial charge in [0.15, 0.2) is 11.5 Å². The number of amides is 2. The van der Waals surface area contributed by atoms with Crippen molar-refractivity contribution in [1.82, 2.24) is 10.3 Å². The van der Waals surface area contributed by atoms with Gasteiger partial charge in [0.05, 0.1) is 12.2 Å². The van der Waals surface area contributed by atoms with Crippen LogP contribution in [0.2, 0.25) is 0 Å². The summed E-state index contributed by atoms with van der Waals surface area (Å²) in [6.07, 6.45) is 1.67. The standard InChI is InChI=1S/C21H17N3O4/c25-20(23-12-17-6-1-2-9-22-17)14-4-3-5-15(10-14)21(26)24-16-7-8-18-19(11-16)28-13-27-18/h1-11H,12-13H2,(H,23,25)(H,24,26). The summed E-state index contributed by atoms with van der Waals surface area (Å²) in [5.41, 5.74) is 2.12. The first-order valence-corrected chi connectivity index (χ1v) is 8.68. The molecule has 0 unspecified atom stereocenters. The number of hydrogen-bond acceptors (Lipinski definition) is 5. The van der Waals surface area contributed by atoms with Crippen LogP contribution in [0.25, 0.3) is 0 Å². The molecule has 7 heteroatoms. The van der Waals surface area contributed by atoms with Crippen LogP contribution in [0.1, 0.15) is 26.4 Å². The summed E-state index contributed by atoms with van der Waals surface area (Å²) in [4.78, 5) is 29.1. The van der Waals surface area contributed by atoms with E-state index < -0.39 is 0 Å². The Kier molecular flexibility index (Phi) is 4.88. The van der Waals surface area contributed by atoms with E-state index in [2.05, 4.69) is 15.6 Å². The maximum atomic E-state index is 12.5. The third-order valence-electron chi connectivity index (χ3n) is 4.17. The number of carbonyl (C=O) groups is 2. The molecule has 28 heavy (non-hydrogen) atoms. The molecule has 0 saturated heterocycles. The maximum absolute atomic E-state index is 12.5. The molecule has 0 bridgehead atoms. The van der Waals surface area contributed by atoms with Gasteiger partial charge in [-0.15, -0.1) is 0 Å². The molecule has 3 aromatic rings. The first-order chi connectivity index (χ1) is 13.7. The van der Waals surface area contributed by atoms with Gasteiger partial charge in [-0.05, 0) is 42.5 Å². The second kappa shape index (κ2) is 7.79. The van der Waals surface area contributed by atoms with Crippen molar-refractivity contribution in [1.29, 1.82) is 0 Å². The number of rotatable bonds is 5. The van der Waals surface area contributed by atoms with Crippen LogP contribution in [-0.4, -0.2) is 23.6 Å². The number of pyridine rings is 1. The van der Waals surface area contributed by atoms with Crippen LogP contribution >= 0.6 is 0 Å². The van der Waals surface area contributed by atoms with Crippen molar-refractivity contribution in [2.24, 2.45) is 0 Å². The lowest BCUT2D eigenvalue weighted by atomic mass is 10.1. The lowest BCUT2D eigenvalue weighted by Crippen LogP contribution is -2.23. The molecular weight excluding hydrogens is 358 g/mol. The minimum absolute atomic E-state index is 0.169. The van der Waals surface area contributed by atoms with E-state index in [4.69, 9.17) is 9.47 Å². The average molecular weight is 375 g/mol. The fraction of sp³-hybridized carbons (Fsp3) is 0.0952. The molecular formula is C21H17N3O4. The molecule has 0 atom stereocenters. The van der Waals surface area contributed by atoms with Crippen molar-refractivity contribution < 1.29 is 19.1 Å². The van der Waals surface area contributed by atoms with E-state index in [-0.39, 0.29) is 18.6 Å². The van der Waals surface area contributed by atoms with Gasteiger partial charge in [0.25, 0.3) is 11.8 Å². The summed E-state index contributed by atoms with van der Waals surface area (Å²) in [5, 5.41) is 5.59. The fourth-order valence-electron chi connectivity index (χ4n) is 2.75. The van der Waals surface area contributed by atoms with Gasteiger partial charge < -0.3 is 20.1 Å². The number of benzene rings is 2. The molecule has 1 aliphatic heterocycles. The van der Waals surface area contributed by atoms with Gasteiger partial charge in [0.2, 0.25) is 6.79 Å². The van der Waals surface area contributed by atoms with Gasteiger partial charge in [-0.1, -0.05) is 12.1 Å². The molecule has 0 saturated carbocycles. The van der Waals surface area contributed by atoms with Gasteiger partial charge in [-0.3, -0.25) is 14.6 Å². The number of ether oxygens (including phenoxy) is 2. The van der Waals surface area contributed by atoms with Gasteiger partial charge in [-0.2, -0.15) is 0 Å². The highest BCUT2D eigenvalue weighted by molar-refractivity contribution is 6.06. The van der Waals surface area contributed by atoms with Crippen molar-refractivity contribution in [3.63, 3.8) is 0 Å². The second-order valence-corrected chi connectivity index (χ2v) is 6.11. The van der Waals surface area contributed by atoms with Crippen LogP contribution in [0.4, 0.5) is 5.69 Å². The quantitative estimate of drug-likeness (QED) is 0.716. The Labute approximate surface area is 161 Å². The fourth-order valence-corrected chi connectivity index (χ4v) is 2.75. The van der Waals surface area contributed by atoms with Crippen molar-refractivity contribution >= 4 is 17.5 Å². The van der Waals surface area contributed by atoms with E-state index in [0.717, 1.165) is 5.69 Å². The minimum Gasteiger partial charge on any atom is -0.454 e. The molecule has 2 heterocycles. The number of nitrogens with zero attached hydrogens (tertiary/aromatic N) is 1. The smallest absolute Gasteiger partial charge is 0.255 e. The molecule has 4 rings (SSSR count). The van der Waals surface area contributed by atoms with Crippen LogP contribution in [0.5, 0.6) is 11.5 Å². The largest absolute Gasteiger partial charge is 0.454 e. The number of aromatic nitrogens is 1. The van der Waals surface area contributed by atoms with Crippen LogP contribution in [-0.2, 0) is 6.54 Å². The Morgan fingerprint density at radius 2 is 1.71 bits per heavy atom. The molecule has 2 amide bonds. The van der Waals surface area contributed by atoms with E-state index in [1.807, 2.05) is 18.2 Å². The zero-order valence-electron chi connectivity index (χ0n) is 14.8. The van der Waals surface area contributed by atoms with E-state index in [9.17, 15) is 9.59 Å². The first kappa shape index (κ1) is 17.5. The summed E-state index contributed by atoms with van der Waals surface area (Å²) >= 11 is 0. The summed E-state index contributed by atoms with van der Waals surface area (Å²) in [7, 11) is 0. The number of fused-ring (bicyclic) bond motifs is 1. The van der Waals surface area contributed by atoms with Crippen LogP contribution in [0, 0.1) is 0 Å². The Bertz CT molecular complexity index is 1020. The monoisotopic (exact) mass is 375 g/mol. The topological polar surface area (TPSA) is 89.6 Å². The summed E-state index contributed by atoms with van der Waals surface area (Å²) in [6.45, 7) is 0.482. The zero-order valence-corrected chi connectivity index (χ0v) is 14.8. The highest BCUT2D eigenvalue weighted by atomic mass is 16.7. The lowest BCUT2D eigenvalue weighted by Gasteiger charge is -2.08. The molecule has 7 nitrogen and oxygen atoms in total. The van der Waals surface area contributed by atoms with E-state index >= 15 is 0 Å². The lowest BCUT2D eigenvalue weighted by molar-refractivity contribution is 0.0950. The third kappa shape index (κ3) is 3.93. The molecule has 2 N–H and O–H groups in total. The number of hydrogen-bond donors (Lipinski definition) is 2. The Morgan fingerprint density at radius 1 is 0.893 bits per heavy atom. The predicted octanol–water partition coefficient (Wildman–Crippen LogP) is 2.99. The molecule has 0 fully saturated rings. The van der Waals surface area contributed by atoms with Crippen molar-refractivity contribution in [3.8, 4) is 11.5 Å². The summed E-state index contributed by atoms with van der Waals surface area (Å²) in [6, 6.07) is 17.2. The number of nitrogens with one attached hydrogen (secondary N) is 2. The zero-order chi connectivity index (χ0) is 19.3. The minimum atomic E-state index is -0.321. The maximum Gasteiger partial charge on any atom is 0.255 e. The molecule has 0 radical (unpaired) electrons. The van der Waals surface area contributed by atoms with Gasteiger partial charge in [-0.25, -0.2) is 0 Å². The van der Waals surface area contributed by atoms with E-state index in [1.165, 1.54) is 0 Å². The van der Waals surface area contributed by atoms with Crippen molar-refractivity contribution in [2.75, 3.05) is 12.1 Å². The molecule has 0 aliphatic carbocycles. The first-order valence-electron chi connectivity index (χ1n) is 8.68. The molecule has 1 aliphatic rings. The average Bonchev–Trinajstić information content (AvgIpc) is 3.21. The van der Waals surface area contributed by atoms with E-state index in [0.29, 0.717) is 34.9 Å². The third-order valence-corrected chi connectivity index (χ3v) is 4.17. The van der Waals surface area contributed by atoms with E-state index in [1.54, 1.807) is 48.7 Å². The Balaban J connectivity index is 1.42. The summed E-state index contributed by atoms with van der Waals surface area (Å²) in [5.74, 6) is 0.631. The van der Waals surface area contributed by atoms with Crippen molar-refractivity contribution in [3.05, 3.63) is 83.7 Å². The Morgan fingerprint density at radius 3 is 2.54 bits per heavy atom. The molecule has 140 valence electrons. The SMILES string of the molecule is O=C(NCc1ccccn1)c1cccc(C(=O)Nc2ccc3c(c2)OCO3)c1. The predicted molar refractivity (Wildman–Crippen MR) is 102 cm³/mol. The highest BCUT2D eigenvalue weighted by Crippen LogP contribution is 2.34. The summed E-state index contributed by atoms with van der Waals surface area (Å²) < 4.78 is 10.6. The molecule has 2 aromatic carbocycles. The van der Waals surface area contributed by atoms with Gasteiger partial charge in [0, 0.05) is 29.1 Å². The van der Waals surface area contributed by atoms with Gasteiger partial charge in [0.1, 0.15) is 0 Å². The number of carbonyl (C=O) groups excluding carboxylic acids is 2. The highest BCUT2D eigenvalue weighted by Gasteiger charge is 2.15. The molecule has 1 aromatic heterocycles. The van der Waals surface area contributed by atoms with Crippen LogP contribution < -0.4 is 20.1 Å².